The first-order valence-corrected chi connectivity index (χ1v) is 12.4. The quantitative estimate of drug-likeness (QED) is 0.333. The summed E-state index contributed by atoms with van der Waals surface area (Å²) in [6.07, 6.45) is 13.5. The van der Waals surface area contributed by atoms with Crippen molar-refractivity contribution in [2.75, 3.05) is 7.05 Å². The van der Waals surface area contributed by atoms with Gasteiger partial charge in [-0.3, -0.25) is 4.57 Å². The second kappa shape index (κ2) is 7.21. The van der Waals surface area contributed by atoms with Crippen LogP contribution in [0, 0.1) is 0 Å². The number of fused-ring (bicyclic) bond motifs is 8. The molecular weight excluding hydrogens is 444 g/mol. The first-order chi connectivity index (χ1) is 17.8. The summed E-state index contributed by atoms with van der Waals surface area (Å²) >= 11 is 0. The third kappa shape index (κ3) is 2.56. The number of likely N-dealkylation sites (N-methyl/N-ethyl adjacent to an activating group) is 1. The van der Waals surface area contributed by atoms with Crippen molar-refractivity contribution in [1.29, 1.82) is 0 Å². The van der Waals surface area contributed by atoms with Crippen molar-refractivity contribution in [3.8, 4) is 0 Å². The zero-order chi connectivity index (χ0) is 23.8. The Balaban J connectivity index is 1.53. The maximum Gasteiger partial charge on any atom is 0.210 e. The molecule has 6 nitrogen and oxygen atoms in total. The largest absolute Gasteiger partial charge is 0.335 e. The number of nitrogens with one attached hydrogen (secondary N) is 1. The molecule has 1 aliphatic carbocycles. The van der Waals surface area contributed by atoms with Crippen LogP contribution in [0.3, 0.4) is 0 Å². The number of aliphatic imine (C=N–C) groups is 2. The van der Waals surface area contributed by atoms with E-state index >= 15 is 0 Å². The van der Waals surface area contributed by atoms with Gasteiger partial charge in [0.1, 0.15) is 0 Å². The van der Waals surface area contributed by atoms with Gasteiger partial charge in [-0.25, -0.2) is 9.98 Å². The van der Waals surface area contributed by atoms with Crippen LogP contribution in [0.2, 0.25) is 0 Å². The molecule has 0 fully saturated rings. The van der Waals surface area contributed by atoms with Crippen molar-refractivity contribution in [1.82, 2.24) is 19.4 Å². The molecule has 3 aliphatic rings. The number of nitrogens with zero attached hydrogens (tertiary/aromatic N) is 5. The van der Waals surface area contributed by atoms with Crippen LogP contribution in [0.4, 0.5) is 0 Å². The fourth-order valence-electron chi connectivity index (χ4n) is 6.03. The summed E-state index contributed by atoms with van der Waals surface area (Å²) in [4.78, 5) is 11.7. The van der Waals surface area contributed by atoms with Gasteiger partial charge in [0.2, 0.25) is 5.96 Å². The van der Waals surface area contributed by atoms with Crippen molar-refractivity contribution in [2.24, 2.45) is 9.98 Å². The lowest BCUT2D eigenvalue weighted by atomic mass is 10.1. The van der Waals surface area contributed by atoms with Gasteiger partial charge in [-0.1, -0.05) is 72.8 Å². The van der Waals surface area contributed by atoms with E-state index in [0.717, 1.165) is 23.6 Å². The fourth-order valence-corrected chi connectivity index (χ4v) is 6.03. The van der Waals surface area contributed by atoms with Crippen molar-refractivity contribution in [3.05, 3.63) is 96.9 Å². The molecule has 0 radical (unpaired) electrons. The van der Waals surface area contributed by atoms with Gasteiger partial charge in [-0.2, -0.15) is 0 Å². The van der Waals surface area contributed by atoms with E-state index in [0.29, 0.717) is 0 Å². The summed E-state index contributed by atoms with van der Waals surface area (Å²) in [5, 5.41) is 8.48. The van der Waals surface area contributed by atoms with E-state index in [1.807, 2.05) is 24.5 Å². The molecule has 3 aromatic carbocycles. The highest BCUT2D eigenvalue weighted by Crippen LogP contribution is 2.41. The molecule has 1 N–H and O–H groups in total. The van der Waals surface area contributed by atoms with Crippen molar-refractivity contribution in [3.63, 3.8) is 0 Å². The van der Waals surface area contributed by atoms with Gasteiger partial charge in [0.05, 0.1) is 34.6 Å². The zero-order valence-corrected chi connectivity index (χ0v) is 19.8. The Bertz CT molecular complexity index is 1880. The minimum absolute atomic E-state index is 0.223. The van der Waals surface area contributed by atoms with Gasteiger partial charge >= 0.3 is 0 Å². The number of rotatable bonds is 1. The normalized spacial score (nSPS) is 21.0. The topological polar surface area (TPSA) is 49.9 Å². The molecule has 5 aromatic rings. The number of hydrogen-bond acceptors (Lipinski definition) is 4. The molecule has 174 valence electrons. The number of aromatic nitrogens is 2. The molecule has 0 saturated heterocycles. The minimum atomic E-state index is -0.223. The number of benzene rings is 3. The smallest absolute Gasteiger partial charge is 0.210 e. The summed E-state index contributed by atoms with van der Waals surface area (Å²) in [7, 11) is 2.01. The van der Waals surface area contributed by atoms with Crippen LogP contribution >= 0.6 is 0 Å². The average molecular weight is 469 g/mol. The summed E-state index contributed by atoms with van der Waals surface area (Å²) in [5.41, 5.74) is 5.85. The van der Waals surface area contributed by atoms with E-state index in [2.05, 4.69) is 104 Å². The lowest BCUT2D eigenvalue weighted by molar-refractivity contribution is 0.602. The first-order valence-electron chi connectivity index (χ1n) is 12.4. The van der Waals surface area contributed by atoms with Gasteiger partial charge in [-0.05, 0) is 18.6 Å². The van der Waals surface area contributed by atoms with Gasteiger partial charge < -0.3 is 14.8 Å². The van der Waals surface area contributed by atoms with E-state index in [1.54, 1.807) is 0 Å². The maximum absolute atomic E-state index is 5.07. The fraction of sp³-hybridized carbons (Fsp3) is 0.133. The molecule has 2 unspecified atom stereocenters. The highest BCUT2D eigenvalue weighted by atomic mass is 15.3. The summed E-state index contributed by atoms with van der Waals surface area (Å²) in [6.45, 7) is 0. The molecule has 2 aromatic heterocycles. The molecule has 0 amide bonds. The van der Waals surface area contributed by atoms with E-state index < -0.39 is 0 Å². The lowest BCUT2D eigenvalue weighted by Crippen LogP contribution is -2.34. The van der Waals surface area contributed by atoms with Gasteiger partial charge in [0, 0.05) is 40.3 Å². The highest BCUT2D eigenvalue weighted by molar-refractivity contribution is 6.25. The van der Waals surface area contributed by atoms with Crippen LogP contribution in [0.15, 0.2) is 107 Å². The van der Waals surface area contributed by atoms with E-state index in [1.165, 1.54) is 38.1 Å². The molecule has 0 saturated carbocycles. The predicted octanol–water partition coefficient (Wildman–Crippen LogP) is 5.91. The Morgan fingerprint density at radius 3 is 2.39 bits per heavy atom. The average Bonchev–Trinajstić information content (AvgIpc) is 3.58. The number of para-hydroxylation sites is 2. The van der Waals surface area contributed by atoms with E-state index in [9.17, 15) is 0 Å². The second-order valence-corrected chi connectivity index (χ2v) is 9.63. The Hall–Kier alpha value is -4.58. The summed E-state index contributed by atoms with van der Waals surface area (Å²) in [6, 6.07) is 22.2. The van der Waals surface area contributed by atoms with Crippen LogP contribution in [0.1, 0.15) is 12.5 Å². The molecular formula is C30H24N6. The third-order valence-corrected chi connectivity index (χ3v) is 7.65. The van der Waals surface area contributed by atoms with Crippen LogP contribution in [0.25, 0.3) is 43.6 Å². The van der Waals surface area contributed by atoms with Crippen molar-refractivity contribution < 1.29 is 0 Å². The lowest BCUT2D eigenvalue weighted by Gasteiger charge is -2.22. The minimum Gasteiger partial charge on any atom is -0.335 e. The Morgan fingerprint density at radius 2 is 1.58 bits per heavy atom. The monoisotopic (exact) mass is 468 g/mol. The molecule has 6 heteroatoms. The number of hydrogen-bond donors (Lipinski definition) is 1. The van der Waals surface area contributed by atoms with E-state index in [-0.39, 0.29) is 12.2 Å². The zero-order valence-electron chi connectivity index (χ0n) is 19.8. The standard InChI is InChI=1S/C30H24N6/c1-34-18-32-29-26(34)17-31-30(33-29)36-25-14-8-6-12-21(25)23-16-15-22-20-11-5-7-13-24(20)35(27(22)28(23)36)19-9-3-2-4-10-19/h2-9,11-19,29H,10H2,1H3,(H,31,33). The van der Waals surface area contributed by atoms with Crippen LogP contribution < -0.4 is 5.32 Å². The maximum atomic E-state index is 5.07. The first kappa shape index (κ1) is 19.7. The van der Waals surface area contributed by atoms with Crippen molar-refractivity contribution >= 4 is 55.9 Å². The number of allylic oxidation sites excluding steroid dienone is 4. The molecule has 0 spiro atoms. The Morgan fingerprint density at radius 1 is 0.833 bits per heavy atom. The molecule has 2 atom stereocenters. The molecule has 8 rings (SSSR count). The van der Waals surface area contributed by atoms with Crippen molar-refractivity contribution in [2.45, 2.75) is 18.6 Å². The SMILES string of the molecule is CN1C=NC2N=C(n3c4ccccc4c4ccc5c6ccccc6n(C6C=CC=CC6)c5c43)NC=C21. The van der Waals surface area contributed by atoms with Crippen LogP contribution in [0.5, 0.6) is 0 Å². The Labute approximate surface area is 207 Å². The molecule has 4 heterocycles. The predicted molar refractivity (Wildman–Crippen MR) is 148 cm³/mol. The van der Waals surface area contributed by atoms with Gasteiger partial charge in [0.15, 0.2) is 6.17 Å². The van der Waals surface area contributed by atoms with Gasteiger partial charge in [0.25, 0.3) is 0 Å². The molecule has 36 heavy (non-hydrogen) atoms. The molecule has 0 bridgehead atoms. The third-order valence-electron chi connectivity index (χ3n) is 7.65. The molecule has 2 aliphatic heterocycles. The second-order valence-electron chi connectivity index (χ2n) is 9.63. The van der Waals surface area contributed by atoms with Gasteiger partial charge in [-0.15, -0.1) is 0 Å². The van der Waals surface area contributed by atoms with Crippen LogP contribution in [-0.2, 0) is 0 Å². The summed E-state index contributed by atoms with van der Waals surface area (Å²) in [5.74, 6) is 0.797. The van der Waals surface area contributed by atoms with E-state index in [4.69, 9.17) is 4.99 Å². The van der Waals surface area contributed by atoms with Crippen LogP contribution in [-0.4, -0.2) is 39.5 Å². The highest BCUT2D eigenvalue weighted by Gasteiger charge is 2.28. The Kier molecular flexibility index (Phi) is 3.95. The summed E-state index contributed by atoms with van der Waals surface area (Å²) < 4.78 is 4.82.